The van der Waals surface area contributed by atoms with Crippen molar-refractivity contribution in [2.45, 2.75) is 6.17 Å². The molecule has 1 atom stereocenters. The number of hydrogen-bond acceptors (Lipinski definition) is 5. The van der Waals surface area contributed by atoms with Gasteiger partial charge in [-0.05, 0) is 54.1 Å². The minimum atomic E-state index is -0.503. The predicted molar refractivity (Wildman–Crippen MR) is 106 cm³/mol. The lowest BCUT2D eigenvalue weighted by Crippen LogP contribution is -2.43. The van der Waals surface area contributed by atoms with Crippen molar-refractivity contribution in [1.29, 1.82) is 0 Å². The van der Waals surface area contributed by atoms with E-state index in [4.69, 9.17) is 4.74 Å². The molecule has 1 aliphatic rings. The molecular formula is C21H17N3O4. The largest absolute Gasteiger partial charge is 0.497 e. The van der Waals surface area contributed by atoms with Crippen LogP contribution in [-0.4, -0.2) is 17.9 Å². The molecule has 140 valence electrons. The van der Waals surface area contributed by atoms with E-state index in [-0.39, 0.29) is 11.6 Å². The number of nitrogens with one attached hydrogen (secondary N) is 1. The Kier molecular flexibility index (Phi) is 4.41. The average molecular weight is 375 g/mol. The van der Waals surface area contributed by atoms with Crippen LogP contribution in [0.2, 0.25) is 0 Å². The van der Waals surface area contributed by atoms with Gasteiger partial charge in [-0.1, -0.05) is 12.1 Å². The average Bonchev–Trinajstić information content (AvgIpc) is 2.74. The number of carbonyl (C=O) groups excluding carboxylic acids is 1. The van der Waals surface area contributed by atoms with Crippen molar-refractivity contribution in [2.75, 3.05) is 17.3 Å². The maximum atomic E-state index is 13.3. The van der Waals surface area contributed by atoms with Crippen molar-refractivity contribution in [2.24, 2.45) is 0 Å². The molecule has 0 unspecified atom stereocenters. The summed E-state index contributed by atoms with van der Waals surface area (Å²) in [5.74, 6) is 0.538. The fourth-order valence-electron chi connectivity index (χ4n) is 3.27. The second kappa shape index (κ2) is 7.03. The summed E-state index contributed by atoms with van der Waals surface area (Å²) in [6, 6.07) is 20.7. The van der Waals surface area contributed by atoms with Crippen LogP contribution >= 0.6 is 0 Å². The van der Waals surface area contributed by atoms with Crippen molar-refractivity contribution >= 4 is 23.0 Å². The number of rotatable bonds is 4. The highest BCUT2D eigenvalue weighted by atomic mass is 16.6. The van der Waals surface area contributed by atoms with E-state index in [1.54, 1.807) is 42.3 Å². The number of nitrogens with zero attached hydrogens (tertiary/aromatic N) is 2. The molecule has 1 heterocycles. The van der Waals surface area contributed by atoms with Crippen LogP contribution in [0.4, 0.5) is 17.1 Å². The molecule has 1 amide bonds. The minimum Gasteiger partial charge on any atom is -0.497 e. The molecule has 3 aromatic carbocycles. The van der Waals surface area contributed by atoms with Crippen LogP contribution in [0.5, 0.6) is 5.75 Å². The molecule has 0 bridgehead atoms. The van der Waals surface area contributed by atoms with Crippen molar-refractivity contribution in [3.8, 4) is 5.75 Å². The third-order valence-electron chi connectivity index (χ3n) is 4.70. The summed E-state index contributed by atoms with van der Waals surface area (Å²) in [7, 11) is 1.58. The summed E-state index contributed by atoms with van der Waals surface area (Å²) in [5, 5.41) is 14.3. The smallest absolute Gasteiger partial charge is 0.269 e. The van der Waals surface area contributed by atoms with Crippen molar-refractivity contribution in [3.05, 3.63) is 94.0 Å². The molecule has 1 aliphatic heterocycles. The zero-order chi connectivity index (χ0) is 19.7. The van der Waals surface area contributed by atoms with Crippen molar-refractivity contribution in [1.82, 2.24) is 0 Å². The molecule has 0 saturated carbocycles. The number of anilines is 2. The SMILES string of the molecule is COc1ccc(N2C(=O)c3ccccc3N[C@@H]2c2ccc([N+](=O)[O-])cc2)cc1. The number of nitro benzene ring substituents is 1. The van der Waals surface area contributed by atoms with E-state index < -0.39 is 11.1 Å². The van der Waals surface area contributed by atoms with Gasteiger partial charge in [-0.2, -0.15) is 0 Å². The Balaban J connectivity index is 1.80. The van der Waals surface area contributed by atoms with E-state index in [1.807, 2.05) is 30.3 Å². The highest BCUT2D eigenvalue weighted by Gasteiger charge is 2.34. The van der Waals surface area contributed by atoms with Crippen LogP contribution in [0.3, 0.4) is 0 Å². The number of ether oxygens (including phenoxy) is 1. The van der Waals surface area contributed by atoms with Gasteiger partial charge >= 0.3 is 0 Å². The van der Waals surface area contributed by atoms with Crippen LogP contribution in [0.25, 0.3) is 0 Å². The highest BCUT2D eigenvalue weighted by molar-refractivity contribution is 6.12. The lowest BCUT2D eigenvalue weighted by Gasteiger charge is -2.38. The Morgan fingerprint density at radius 2 is 1.68 bits per heavy atom. The maximum Gasteiger partial charge on any atom is 0.269 e. The second-order valence-corrected chi connectivity index (χ2v) is 6.31. The fourth-order valence-corrected chi connectivity index (χ4v) is 3.27. The van der Waals surface area contributed by atoms with Crippen molar-refractivity contribution in [3.63, 3.8) is 0 Å². The zero-order valence-electron chi connectivity index (χ0n) is 15.0. The molecule has 0 saturated heterocycles. The van der Waals surface area contributed by atoms with Gasteiger partial charge in [0.25, 0.3) is 11.6 Å². The zero-order valence-corrected chi connectivity index (χ0v) is 15.0. The molecule has 1 N–H and O–H groups in total. The minimum absolute atomic E-state index is 0.00211. The first-order valence-corrected chi connectivity index (χ1v) is 8.66. The Morgan fingerprint density at radius 3 is 2.32 bits per heavy atom. The third-order valence-corrected chi connectivity index (χ3v) is 4.70. The number of hydrogen-bond donors (Lipinski definition) is 1. The molecular weight excluding hydrogens is 358 g/mol. The van der Waals surface area contributed by atoms with Crippen LogP contribution in [0.15, 0.2) is 72.8 Å². The second-order valence-electron chi connectivity index (χ2n) is 6.31. The molecule has 0 aliphatic carbocycles. The number of amides is 1. The first-order valence-electron chi connectivity index (χ1n) is 8.66. The summed E-state index contributed by atoms with van der Waals surface area (Å²) >= 11 is 0. The molecule has 7 nitrogen and oxygen atoms in total. The molecule has 0 radical (unpaired) electrons. The number of carbonyl (C=O) groups is 1. The van der Waals surface area contributed by atoms with Gasteiger partial charge in [-0.25, -0.2) is 0 Å². The van der Waals surface area contributed by atoms with E-state index in [2.05, 4.69) is 5.32 Å². The Labute approximate surface area is 161 Å². The summed E-state index contributed by atoms with van der Waals surface area (Å²) in [5.41, 5.74) is 2.72. The topological polar surface area (TPSA) is 84.7 Å². The summed E-state index contributed by atoms with van der Waals surface area (Å²) in [6.45, 7) is 0. The van der Waals surface area contributed by atoms with E-state index in [0.717, 1.165) is 11.3 Å². The Bertz CT molecular complexity index is 1030. The Morgan fingerprint density at radius 1 is 1.00 bits per heavy atom. The standard InChI is InChI=1S/C21H17N3O4/c1-28-17-12-10-15(11-13-17)23-20(14-6-8-16(9-7-14)24(26)27)22-19-5-3-2-4-18(19)21(23)25/h2-13,20,22H,1H3/t20-/m0/s1. The van der Waals surface area contributed by atoms with Crippen LogP contribution in [-0.2, 0) is 0 Å². The van der Waals surface area contributed by atoms with Gasteiger partial charge in [-0.15, -0.1) is 0 Å². The monoisotopic (exact) mass is 375 g/mol. The fraction of sp³-hybridized carbons (Fsp3) is 0.0952. The van der Waals surface area contributed by atoms with Gasteiger partial charge < -0.3 is 10.1 Å². The molecule has 3 aromatic rings. The lowest BCUT2D eigenvalue weighted by molar-refractivity contribution is -0.384. The maximum absolute atomic E-state index is 13.3. The summed E-state index contributed by atoms with van der Waals surface area (Å²) < 4.78 is 5.20. The van der Waals surface area contributed by atoms with Gasteiger partial charge in [0.1, 0.15) is 11.9 Å². The van der Waals surface area contributed by atoms with Gasteiger partial charge in [0.05, 0.1) is 17.6 Å². The van der Waals surface area contributed by atoms with E-state index in [0.29, 0.717) is 17.0 Å². The van der Waals surface area contributed by atoms with Gasteiger partial charge in [-0.3, -0.25) is 19.8 Å². The van der Waals surface area contributed by atoms with Gasteiger partial charge in [0.15, 0.2) is 0 Å². The molecule has 28 heavy (non-hydrogen) atoms. The van der Waals surface area contributed by atoms with Gasteiger partial charge in [0, 0.05) is 23.5 Å². The van der Waals surface area contributed by atoms with Gasteiger partial charge in [0.2, 0.25) is 0 Å². The Hall–Kier alpha value is -3.87. The lowest BCUT2D eigenvalue weighted by atomic mass is 10.0. The number of non-ortho nitro benzene ring substituents is 1. The van der Waals surface area contributed by atoms with Crippen LogP contribution in [0.1, 0.15) is 22.1 Å². The number of methoxy groups -OCH3 is 1. The highest BCUT2D eigenvalue weighted by Crippen LogP contribution is 2.37. The van der Waals surface area contributed by atoms with E-state index in [9.17, 15) is 14.9 Å². The first kappa shape index (κ1) is 17.5. The normalized spacial score (nSPS) is 15.5. The summed E-state index contributed by atoms with van der Waals surface area (Å²) in [6.07, 6.45) is -0.503. The van der Waals surface area contributed by atoms with Crippen LogP contribution < -0.4 is 15.0 Å². The van der Waals surface area contributed by atoms with Crippen LogP contribution in [0, 0.1) is 10.1 Å². The molecule has 0 fully saturated rings. The number of nitro groups is 1. The molecule has 0 aromatic heterocycles. The predicted octanol–water partition coefficient (Wildman–Crippen LogP) is 4.37. The van der Waals surface area contributed by atoms with E-state index in [1.165, 1.54) is 12.1 Å². The molecule has 4 rings (SSSR count). The first-order chi connectivity index (χ1) is 13.6. The summed E-state index contributed by atoms with van der Waals surface area (Å²) in [4.78, 5) is 25.4. The van der Waals surface area contributed by atoms with Crippen molar-refractivity contribution < 1.29 is 14.5 Å². The molecule has 7 heteroatoms. The number of benzene rings is 3. The van der Waals surface area contributed by atoms with E-state index >= 15 is 0 Å². The quantitative estimate of drug-likeness (QED) is 0.540. The number of para-hydroxylation sites is 1. The molecule has 0 spiro atoms. The number of fused-ring (bicyclic) bond motifs is 1. The third kappa shape index (κ3) is 3.03.